The van der Waals surface area contributed by atoms with E-state index in [1.807, 2.05) is 60.7 Å². The Morgan fingerprint density at radius 2 is 1.48 bits per heavy atom. The summed E-state index contributed by atoms with van der Waals surface area (Å²) in [4.78, 5) is 24.0. The Morgan fingerprint density at radius 1 is 0.774 bits per heavy atom. The average molecular weight is 411 g/mol. The number of carboxylic acids is 1. The van der Waals surface area contributed by atoms with E-state index in [1.54, 1.807) is 30.3 Å². The highest BCUT2D eigenvalue weighted by atomic mass is 16.5. The van der Waals surface area contributed by atoms with E-state index < -0.39 is 12.0 Å². The highest BCUT2D eigenvalue weighted by Gasteiger charge is 2.15. The minimum atomic E-state index is -1.07. The summed E-state index contributed by atoms with van der Waals surface area (Å²) in [5.41, 5.74) is 7.38. The van der Waals surface area contributed by atoms with Gasteiger partial charge in [-0.2, -0.15) is 0 Å². The number of ketones is 1. The number of carbonyl (C=O) groups is 2. The number of aliphatic carboxylic acids is 1. The average Bonchev–Trinajstić information content (AvgIpc) is 2.79. The highest BCUT2D eigenvalue weighted by Crippen LogP contribution is 2.27. The zero-order valence-corrected chi connectivity index (χ0v) is 16.7. The number of rotatable bonds is 7. The normalized spacial score (nSPS) is 11.8. The lowest BCUT2D eigenvalue weighted by Crippen LogP contribution is -2.32. The van der Waals surface area contributed by atoms with Crippen LogP contribution in [0.25, 0.3) is 10.8 Å². The largest absolute Gasteiger partial charge is 0.480 e. The van der Waals surface area contributed by atoms with Gasteiger partial charge in [-0.05, 0) is 59.2 Å². The van der Waals surface area contributed by atoms with E-state index in [1.165, 1.54) is 0 Å². The molecule has 4 rings (SSSR count). The van der Waals surface area contributed by atoms with Crippen LogP contribution in [-0.2, 0) is 11.2 Å². The van der Waals surface area contributed by atoms with Crippen molar-refractivity contribution in [1.82, 2.24) is 0 Å². The van der Waals surface area contributed by atoms with Crippen LogP contribution in [0.1, 0.15) is 21.5 Å². The first-order valence-electron chi connectivity index (χ1n) is 9.88. The lowest BCUT2D eigenvalue weighted by atomic mass is 9.97. The van der Waals surface area contributed by atoms with Gasteiger partial charge in [-0.15, -0.1) is 0 Å². The van der Waals surface area contributed by atoms with Crippen molar-refractivity contribution in [2.45, 2.75) is 12.5 Å². The molecule has 5 heteroatoms. The van der Waals surface area contributed by atoms with Gasteiger partial charge in [0, 0.05) is 11.1 Å². The van der Waals surface area contributed by atoms with Gasteiger partial charge in [0.05, 0.1) is 0 Å². The number of hydrogen-bond donors (Lipinski definition) is 2. The third kappa shape index (κ3) is 4.79. The predicted octanol–water partition coefficient (Wildman–Crippen LogP) is 4.82. The first-order chi connectivity index (χ1) is 15.0. The molecule has 1 atom stereocenters. The van der Waals surface area contributed by atoms with E-state index in [0.717, 1.165) is 22.3 Å². The van der Waals surface area contributed by atoms with Crippen LogP contribution in [0, 0.1) is 0 Å². The van der Waals surface area contributed by atoms with Gasteiger partial charge >= 0.3 is 5.97 Å². The van der Waals surface area contributed by atoms with Crippen molar-refractivity contribution in [2.24, 2.45) is 5.73 Å². The Kier molecular flexibility index (Phi) is 5.78. The molecule has 0 heterocycles. The van der Waals surface area contributed by atoms with E-state index in [9.17, 15) is 9.59 Å². The molecule has 0 amide bonds. The molecule has 4 aromatic carbocycles. The smallest absolute Gasteiger partial charge is 0.320 e. The number of hydrogen-bond acceptors (Lipinski definition) is 4. The van der Waals surface area contributed by atoms with E-state index >= 15 is 0 Å². The fraction of sp³-hybridized carbons (Fsp3) is 0.0769. The molecule has 0 aliphatic rings. The maximum Gasteiger partial charge on any atom is 0.320 e. The summed E-state index contributed by atoms with van der Waals surface area (Å²) in [7, 11) is 0. The molecule has 0 spiro atoms. The molecule has 0 bridgehead atoms. The summed E-state index contributed by atoms with van der Waals surface area (Å²) in [6.07, 6.45) is 0.165. The Balaban J connectivity index is 1.56. The van der Waals surface area contributed by atoms with Gasteiger partial charge in [-0.3, -0.25) is 9.59 Å². The first kappa shape index (κ1) is 20.3. The minimum absolute atomic E-state index is 0.128. The SMILES string of the molecule is N[C@@H](Cc1cccc(C(=O)c2ccc3cc(Oc4ccccc4)ccc3c2)c1)C(=O)O. The Hall–Kier alpha value is -3.96. The van der Waals surface area contributed by atoms with Crippen LogP contribution in [0.5, 0.6) is 11.5 Å². The Labute approximate surface area is 179 Å². The molecule has 0 radical (unpaired) electrons. The summed E-state index contributed by atoms with van der Waals surface area (Å²) in [6.45, 7) is 0. The number of para-hydroxylation sites is 1. The van der Waals surface area contributed by atoms with Gasteiger partial charge in [0.2, 0.25) is 0 Å². The Morgan fingerprint density at radius 3 is 2.26 bits per heavy atom. The van der Waals surface area contributed by atoms with Gasteiger partial charge in [0.15, 0.2) is 5.78 Å². The van der Waals surface area contributed by atoms with Gasteiger partial charge in [0.1, 0.15) is 17.5 Å². The number of carbonyl (C=O) groups excluding carboxylic acids is 1. The van der Waals surface area contributed by atoms with Crippen molar-refractivity contribution in [3.05, 3.63) is 108 Å². The van der Waals surface area contributed by atoms with Crippen LogP contribution in [0.2, 0.25) is 0 Å². The van der Waals surface area contributed by atoms with Crippen LogP contribution in [0.3, 0.4) is 0 Å². The van der Waals surface area contributed by atoms with E-state index in [0.29, 0.717) is 16.7 Å². The summed E-state index contributed by atoms with van der Waals surface area (Å²) in [5.74, 6) is 0.288. The van der Waals surface area contributed by atoms with Crippen molar-refractivity contribution in [3.8, 4) is 11.5 Å². The number of ether oxygens (including phenoxy) is 1. The number of nitrogens with two attached hydrogens (primary N) is 1. The molecular formula is C26H21NO4. The predicted molar refractivity (Wildman–Crippen MR) is 120 cm³/mol. The van der Waals surface area contributed by atoms with Crippen LogP contribution in [0.15, 0.2) is 91.0 Å². The fourth-order valence-electron chi connectivity index (χ4n) is 3.40. The highest BCUT2D eigenvalue weighted by molar-refractivity contribution is 6.10. The Bertz CT molecular complexity index is 1250. The molecule has 4 aromatic rings. The van der Waals surface area contributed by atoms with Crippen molar-refractivity contribution in [3.63, 3.8) is 0 Å². The molecule has 0 aromatic heterocycles. The molecule has 3 N–H and O–H groups in total. The zero-order chi connectivity index (χ0) is 21.8. The molecule has 0 unspecified atom stereocenters. The molecule has 0 saturated carbocycles. The lowest BCUT2D eigenvalue weighted by Gasteiger charge is -2.09. The fourth-order valence-corrected chi connectivity index (χ4v) is 3.40. The van der Waals surface area contributed by atoms with Crippen molar-refractivity contribution < 1.29 is 19.4 Å². The molecule has 0 aliphatic carbocycles. The quantitative estimate of drug-likeness (QED) is 0.426. The number of benzene rings is 4. The number of fused-ring (bicyclic) bond motifs is 1. The van der Waals surface area contributed by atoms with E-state index in [4.69, 9.17) is 15.6 Å². The monoisotopic (exact) mass is 411 g/mol. The topological polar surface area (TPSA) is 89.6 Å². The van der Waals surface area contributed by atoms with Crippen molar-refractivity contribution in [1.29, 1.82) is 0 Å². The number of carboxylic acid groups (broad SMARTS) is 1. The second-order valence-corrected chi connectivity index (χ2v) is 7.32. The minimum Gasteiger partial charge on any atom is -0.480 e. The molecule has 0 fully saturated rings. The van der Waals surface area contributed by atoms with Crippen LogP contribution < -0.4 is 10.5 Å². The van der Waals surface area contributed by atoms with Crippen LogP contribution in [0.4, 0.5) is 0 Å². The molecule has 154 valence electrons. The molecule has 0 aliphatic heterocycles. The molecule has 5 nitrogen and oxygen atoms in total. The maximum atomic E-state index is 13.0. The van der Waals surface area contributed by atoms with E-state index in [2.05, 4.69) is 0 Å². The summed E-state index contributed by atoms with van der Waals surface area (Å²) >= 11 is 0. The first-order valence-corrected chi connectivity index (χ1v) is 9.88. The van der Waals surface area contributed by atoms with Gasteiger partial charge in [0.25, 0.3) is 0 Å². The van der Waals surface area contributed by atoms with Gasteiger partial charge in [-0.1, -0.05) is 54.6 Å². The van der Waals surface area contributed by atoms with E-state index in [-0.39, 0.29) is 12.2 Å². The van der Waals surface area contributed by atoms with Crippen molar-refractivity contribution >= 4 is 22.5 Å². The molecule has 0 saturated heterocycles. The third-order valence-corrected chi connectivity index (χ3v) is 5.01. The zero-order valence-electron chi connectivity index (χ0n) is 16.7. The van der Waals surface area contributed by atoms with Gasteiger partial charge < -0.3 is 15.6 Å². The molecular weight excluding hydrogens is 390 g/mol. The maximum absolute atomic E-state index is 13.0. The third-order valence-electron chi connectivity index (χ3n) is 5.01. The van der Waals surface area contributed by atoms with Crippen LogP contribution >= 0.6 is 0 Å². The summed E-state index contributed by atoms with van der Waals surface area (Å²) in [6, 6.07) is 26.7. The van der Waals surface area contributed by atoms with Crippen molar-refractivity contribution in [2.75, 3.05) is 0 Å². The summed E-state index contributed by atoms with van der Waals surface area (Å²) < 4.78 is 5.88. The second-order valence-electron chi connectivity index (χ2n) is 7.32. The van der Waals surface area contributed by atoms with Gasteiger partial charge in [-0.25, -0.2) is 0 Å². The standard InChI is InChI=1S/C26H21NO4/c27-24(26(29)30)14-17-5-4-6-20(13-17)25(28)21-10-9-19-16-23(12-11-18(19)15-21)31-22-7-2-1-3-8-22/h1-13,15-16,24H,14,27H2,(H,29,30)/t24-/m0/s1. The summed E-state index contributed by atoms with van der Waals surface area (Å²) in [5, 5.41) is 10.9. The molecule has 31 heavy (non-hydrogen) atoms. The lowest BCUT2D eigenvalue weighted by molar-refractivity contribution is -0.138. The second kappa shape index (κ2) is 8.81. The van der Waals surface area contributed by atoms with Crippen LogP contribution in [-0.4, -0.2) is 22.9 Å².